The monoisotopic (exact) mass is 287 g/mol. The van der Waals surface area contributed by atoms with Gasteiger partial charge in [-0.25, -0.2) is 0 Å². The van der Waals surface area contributed by atoms with Crippen LogP contribution in [0.15, 0.2) is 36.4 Å². The minimum absolute atomic E-state index is 0.111. The summed E-state index contributed by atoms with van der Waals surface area (Å²) in [5, 5.41) is 14.4. The van der Waals surface area contributed by atoms with Crippen LogP contribution < -0.4 is 5.32 Å². The molecule has 3 heteroatoms. The zero-order chi connectivity index (χ0) is 14.3. The van der Waals surface area contributed by atoms with Gasteiger partial charge in [-0.15, -0.1) is 0 Å². The van der Waals surface area contributed by atoms with Crippen LogP contribution in [0.5, 0.6) is 5.75 Å². The van der Waals surface area contributed by atoms with Crippen molar-refractivity contribution in [1.29, 1.82) is 0 Å². The van der Waals surface area contributed by atoms with Gasteiger partial charge in [-0.2, -0.15) is 0 Å². The number of fused-ring (bicyclic) bond motifs is 1. The third-order valence-electron chi connectivity index (χ3n) is 4.12. The molecule has 0 saturated heterocycles. The van der Waals surface area contributed by atoms with Crippen LogP contribution in [0, 0.1) is 6.92 Å². The van der Waals surface area contributed by atoms with Crippen LogP contribution in [-0.2, 0) is 0 Å². The standard InChI is InChI=1S/C17H18ClNO/c1-10-7-8-15(20)17-14(9-11(2)16(10)17)19-13-6-4-3-5-12(13)18/h3-8,11,14,19-20H,9H2,1-2H3. The molecule has 0 bridgehead atoms. The average Bonchev–Trinajstić information content (AvgIpc) is 2.75. The minimum atomic E-state index is 0.111. The summed E-state index contributed by atoms with van der Waals surface area (Å²) < 4.78 is 0. The fraction of sp³-hybridized carbons (Fsp3) is 0.294. The molecule has 2 unspecified atom stereocenters. The topological polar surface area (TPSA) is 32.3 Å². The Bertz CT molecular complexity index is 653. The lowest BCUT2D eigenvalue weighted by Crippen LogP contribution is -2.08. The van der Waals surface area contributed by atoms with Crippen LogP contribution in [0.2, 0.25) is 5.02 Å². The van der Waals surface area contributed by atoms with Crippen molar-refractivity contribution >= 4 is 17.3 Å². The highest BCUT2D eigenvalue weighted by Crippen LogP contribution is 2.47. The molecule has 2 N–H and O–H groups in total. The summed E-state index contributed by atoms with van der Waals surface area (Å²) in [5.74, 6) is 0.816. The number of rotatable bonds is 2. The van der Waals surface area contributed by atoms with Gasteiger partial charge >= 0.3 is 0 Å². The molecule has 0 fully saturated rings. The maximum Gasteiger partial charge on any atom is 0.121 e. The summed E-state index contributed by atoms with van der Waals surface area (Å²) in [7, 11) is 0. The smallest absolute Gasteiger partial charge is 0.121 e. The summed E-state index contributed by atoms with van der Waals surface area (Å²) in [5.41, 5.74) is 4.46. The summed E-state index contributed by atoms with van der Waals surface area (Å²) in [4.78, 5) is 0. The molecule has 0 heterocycles. The van der Waals surface area contributed by atoms with E-state index < -0.39 is 0 Å². The molecular formula is C17H18ClNO. The van der Waals surface area contributed by atoms with Gasteiger partial charge in [0.2, 0.25) is 0 Å². The molecule has 0 amide bonds. The SMILES string of the molecule is Cc1ccc(O)c2c1C(C)CC2Nc1ccccc1Cl. The molecule has 1 aliphatic rings. The molecule has 20 heavy (non-hydrogen) atoms. The molecule has 0 spiro atoms. The van der Waals surface area contributed by atoms with Gasteiger partial charge < -0.3 is 10.4 Å². The number of phenols is 1. The first-order valence-corrected chi connectivity index (χ1v) is 7.29. The number of nitrogens with one attached hydrogen (secondary N) is 1. The van der Waals surface area contributed by atoms with Crippen molar-refractivity contribution in [2.24, 2.45) is 0 Å². The molecule has 3 rings (SSSR count). The Balaban J connectivity index is 2.00. The first-order valence-electron chi connectivity index (χ1n) is 6.91. The predicted molar refractivity (Wildman–Crippen MR) is 83.7 cm³/mol. The summed E-state index contributed by atoms with van der Waals surface area (Å²) in [6, 6.07) is 11.6. The molecule has 2 atom stereocenters. The number of para-hydroxylation sites is 1. The number of anilines is 1. The Morgan fingerprint density at radius 1 is 1.15 bits per heavy atom. The van der Waals surface area contributed by atoms with Gasteiger partial charge in [-0.05, 0) is 48.6 Å². The summed E-state index contributed by atoms with van der Waals surface area (Å²) >= 11 is 6.21. The van der Waals surface area contributed by atoms with Gasteiger partial charge in [0.05, 0.1) is 16.8 Å². The zero-order valence-corrected chi connectivity index (χ0v) is 12.4. The highest BCUT2D eigenvalue weighted by molar-refractivity contribution is 6.33. The van der Waals surface area contributed by atoms with E-state index in [9.17, 15) is 5.11 Å². The van der Waals surface area contributed by atoms with E-state index in [1.54, 1.807) is 6.07 Å². The Morgan fingerprint density at radius 2 is 1.90 bits per heavy atom. The van der Waals surface area contributed by atoms with E-state index in [1.807, 2.05) is 30.3 Å². The first-order chi connectivity index (χ1) is 9.58. The van der Waals surface area contributed by atoms with Gasteiger partial charge in [-0.1, -0.05) is 36.7 Å². The number of halogens is 1. The lowest BCUT2D eigenvalue weighted by molar-refractivity contribution is 0.465. The van der Waals surface area contributed by atoms with E-state index in [2.05, 4.69) is 19.2 Å². The highest BCUT2D eigenvalue weighted by Gasteiger charge is 2.32. The lowest BCUT2D eigenvalue weighted by atomic mass is 9.97. The molecular weight excluding hydrogens is 270 g/mol. The van der Waals surface area contributed by atoms with Crippen molar-refractivity contribution in [3.8, 4) is 5.75 Å². The van der Waals surface area contributed by atoms with Crippen molar-refractivity contribution < 1.29 is 5.11 Å². The number of aromatic hydroxyl groups is 1. The molecule has 104 valence electrons. The van der Waals surface area contributed by atoms with E-state index in [1.165, 1.54) is 11.1 Å². The molecule has 0 aliphatic heterocycles. The maximum absolute atomic E-state index is 10.2. The minimum Gasteiger partial charge on any atom is -0.508 e. The Labute approximate surface area is 124 Å². The van der Waals surface area contributed by atoms with Crippen LogP contribution in [-0.4, -0.2) is 5.11 Å². The average molecular weight is 288 g/mol. The molecule has 0 radical (unpaired) electrons. The summed E-state index contributed by atoms with van der Waals surface area (Å²) in [6.07, 6.45) is 0.971. The van der Waals surface area contributed by atoms with Crippen LogP contribution in [0.1, 0.15) is 42.0 Å². The number of aryl methyl sites for hydroxylation is 1. The van der Waals surface area contributed by atoms with Crippen molar-refractivity contribution in [3.05, 3.63) is 58.1 Å². The summed E-state index contributed by atoms with van der Waals surface area (Å²) in [6.45, 7) is 4.31. The molecule has 1 aliphatic carbocycles. The second-order valence-electron chi connectivity index (χ2n) is 5.54. The Morgan fingerprint density at radius 3 is 2.65 bits per heavy atom. The van der Waals surface area contributed by atoms with Crippen molar-refractivity contribution in [2.75, 3.05) is 5.32 Å². The number of phenolic OH excluding ortho intramolecular Hbond substituents is 1. The Kier molecular flexibility index (Phi) is 3.35. The number of hydrogen-bond donors (Lipinski definition) is 2. The van der Waals surface area contributed by atoms with Gasteiger partial charge in [0, 0.05) is 5.56 Å². The number of hydrogen-bond acceptors (Lipinski definition) is 2. The molecule has 2 aromatic rings. The van der Waals surface area contributed by atoms with E-state index in [0.29, 0.717) is 16.7 Å². The van der Waals surface area contributed by atoms with Crippen LogP contribution >= 0.6 is 11.6 Å². The maximum atomic E-state index is 10.2. The van der Waals surface area contributed by atoms with Gasteiger partial charge in [0.1, 0.15) is 5.75 Å². The highest BCUT2D eigenvalue weighted by atomic mass is 35.5. The van der Waals surface area contributed by atoms with Gasteiger partial charge in [0.25, 0.3) is 0 Å². The first kappa shape index (κ1) is 13.3. The molecule has 2 nitrogen and oxygen atoms in total. The van der Waals surface area contributed by atoms with Gasteiger partial charge in [0.15, 0.2) is 0 Å². The van der Waals surface area contributed by atoms with E-state index in [-0.39, 0.29) is 6.04 Å². The largest absolute Gasteiger partial charge is 0.508 e. The molecule has 0 aromatic heterocycles. The van der Waals surface area contributed by atoms with Crippen molar-refractivity contribution in [2.45, 2.75) is 32.2 Å². The third kappa shape index (κ3) is 2.14. The van der Waals surface area contributed by atoms with E-state index in [4.69, 9.17) is 11.6 Å². The van der Waals surface area contributed by atoms with E-state index >= 15 is 0 Å². The van der Waals surface area contributed by atoms with Crippen LogP contribution in [0.3, 0.4) is 0 Å². The van der Waals surface area contributed by atoms with Crippen molar-refractivity contribution in [3.63, 3.8) is 0 Å². The number of benzene rings is 2. The fourth-order valence-corrected chi connectivity index (χ4v) is 3.43. The van der Waals surface area contributed by atoms with Crippen molar-refractivity contribution in [1.82, 2.24) is 0 Å². The second-order valence-corrected chi connectivity index (χ2v) is 5.95. The van der Waals surface area contributed by atoms with Crippen LogP contribution in [0.25, 0.3) is 0 Å². The van der Waals surface area contributed by atoms with Crippen LogP contribution in [0.4, 0.5) is 5.69 Å². The Hall–Kier alpha value is -1.67. The van der Waals surface area contributed by atoms with Gasteiger partial charge in [-0.3, -0.25) is 0 Å². The second kappa shape index (κ2) is 5.02. The third-order valence-corrected chi connectivity index (χ3v) is 4.45. The molecule has 0 saturated carbocycles. The predicted octanol–water partition coefficient (Wildman–Crippen LogP) is 5.01. The fourth-order valence-electron chi connectivity index (χ4n) is 3.24. The van der Waals surface area contributed by atoms with E-state index in [0.717, 1.165) is 17.7 Å². The normalized spacial score (nSPS) is 20.8. The lowest BCUT2D eigenvalue weighted by Gasteiger charge is -2.18. The zero-order valence-electron chi connectivity index (χ0n) is 11.7. The quantitative estimate of drug-likeness (QED) is 0.813. The molecule has 2 aromatic carbocycles.